The molecule has 64 valence electrons. The van der Waals surface area contributed by atoms with Crippen molar-refractivity contribution in [3.05, 3.63) is 34.7 Å². The van der Waals surface area contributed by atoms with Crippen molar-refractivity contribution in [1.82, 2.24) is 0 Å². The predicted molar refractivity (Wildman–Crippen MR) is 56.6 cm³/mol. The van der Waals surface area contributed by atoms with Crippen LogP contribution in [0.25, 0.3) is 12.8 Å². The molecule has 1 rings (SSSR count). The summed E-state index contributed by atoms with van der Waals surface area (Å²) in [5, 5.41) is 2.01. The maximum absolute atomic E-state index is 3.82. The average Bonchev–Trinajstić information content (AvgIpc) is 2.13. The molecule has 0 N–H and O–H groups in total. The third-order valence-electron chi connectivity index (χ3n) is 1.29. The Morgan fingerprint density at radius 3 is 2.33 bits per heavy atom. The van der Waals surface area contributed by atoms with Gasteiger partial charge >= 0.3 is 0 Å². The van der Waals surface area contributed by atoms with E-state index in [9.17, 15) is 0 Å². The molecule has 1 nitrogen and oxygen atoms in total. The van der Waals surface area contributed by atoms with Crippen molar-refractivity contribution < 1.29 is 0 Å². The summed E-state index contributed by atoms with van der Waals surface area (Å²) < 4.78 is 0. The number of hydrogen-bond acceptors (Lipinski definition) is 1. The second-order valence-electron chi connectivity index (χ2n) is 2.01. The van der Waals surface area contributed by atoms with Crippen LogP contribution >= 0.6 is 0 Å². The summed E-state index contributed by atoms with van der Waals surface area (Å²) in [6.45, 7) is 11.2. The smallest absolute Gasteiger partial charge is 0.0338 e. The molecule has 0 saturated heterocycles. The van der Waals surface area contributed by atoms with Crippen LogP contribution in [0.15, 0.2) is 29.3 Å². The molecule has 1 heteroatoms. The van der Waals surface area contributed by atoms with E-state index >= 15 is 0 Å². The fourth-order valence-corrected chi connectivity index (χ4v) is 0.758. The van der Waals surface area contributed by atoms with Crippen LogP contribution in [0.1, 0.15) is 13.8 Å². The van der Waals surface area contributed by atoms with E-state index in [1.807, 2.05) is 38.1 Å². The molecule has 1 aromatic rings. The van der Waals surface area contributed by atoms with E-state index < -0.39 is 0 Å². The third kappa shape index (κ3) is 3.15. The minimum atomic E-state index is 0.981. The fourth-order valence-electron chi connectivity index (χ4n) is 0.758. The van der Waals surface area contributed by atoms with Crippen molar-refractivity contribution in [1.29, 1.82) is 0 Å². The van der Waals surface area contributed by atoms with Gasteiger partial charge in [0.15, 0.2) is 0 Å². The van der Waals surface area contributed by atoms with Gasteiger partial charge in [-0.25, -0.2) is 0 Å². The minimum Gasteiger partial charge on any atom is -0.272 e. The number of hydrogen-bond donors (Lipinski definition) is 0. The average molecular weight is 161 g/mol. The van der Waals surface area contributed by atoms with E-state index in [1.54, 1.807) is 6.20 Å². The highest BCUT2D eigenvalue weighted by Gasteiger charge is 1.76. The van der Waals surface area contributed by atoms with Gasteiger partial charge in [0.1, 0.15) is 0 Å². The zero-order chi connectivity index (χ0) is 9.40. The van der Waals surface area contributed by atoms with Gasteiger partial charge < -0.3 is 0 Å². The second-order valence-corrected chi connectivity index (χ2v) is 2.01. The predicted octanol–water partition coefficient (Wildman–Crippen LogP) is 1.56. The Morgan fingerprint density at radius 2 is 1.83 bits per heavy atom. The highest BCUT2D eigenvalue weighted by molar-refractivity contribution is 5.36. The molecule has 0 radical (unpaired) electrons. The maximum Gasteiger partial charge on any atom is 0.0338 e. The SMILES string of the molecule is C=N/C=c1/ccccc1=C.CC. The molecule has 0 aliphatic rings. The number of rotatable bonds is 1. The fraction of sp³-hybridized carbons (Fsp3) is 0.182. The Morgan fingerprint density at radius 1 is 1.25 bits per heavy atom. The Bertz CT molecular complexity index is 325. The van der Waals surface area contributed by atoms with E-state index in [1.165, 1.54) is 0 Å². The van der Waals surface area contributed by atoms with Crippen molar-refractivity contribution in [3.63, 3.8) is 0 Å². The first-order valence-corrected chi connectivity index (χ1v) is 4.04. The van der Waals surface area contributed by atoms with Gasteiger partial charge in [0.25, 0.3) is 0 Å². The van der Waals surface area contributed by atoms with E-state index in [0.29, 0.717) is 0 Å². The molecule has 0 atom stereocenters. The molecule has 0 spiro atoms. The Kier molecular flexibility index (Phi) is 5.62. The van der Waals surface area contributed by atoms with Crippen LogP contribution in [0.3, 0.4) is 0 Å². The topological polar surface area (TPSA) is 12.4 Å². The molecule has 0 aliphatic heterocycles. The number of nitrogens with zero attached hydrogens (tertiary/aromatic N) is 1. The van der Waals surface area contributed by atoms with Crippen molar-refractivity contribution in [2.75, 3.05) is 0 Å². The number of benzene rings is 1. The number of aliphatic imine (C=N–C) groups is 1. The lowest BCUT2D eigenvalue weighted by molar-refractivity contribution is 1.50. The summed E-state index contributed by atoms with van der Waals surface area (Å²) in [5.74, 6) is 0. The largest absolute Gasteiger partial charge is 0.272 e. The molecule has 0 amide bonds. The quantitative estimate of drug-likeness (QED) is 0.554. The Labute approximate surface area is 73.8 Å². The summed E-state index contributed by atoms with van der Waals surface area (Å²) in [6, 6.07) is 7.79. The lowest BCUT2D eigenvalue weighted by Gasteiger charge is -1.83. The first-order chi connectivity index (χ1) is 5.84. The molecular formula is C11H15N. The summed E-state index contributed by atoms with van der Waals surface area (Å²) in [5.41, 5.74) is 0. The van der Waals surface area contributed by atoms with Crippen LogP contribution in [0.2, 0.25) is 0 Å². The van der Waals surface area contributed by atoms with Crippen LogP contribution in [0.4, 0.5) is 0 Å². The van der Waals surface area contributed by atoms with Gasteiger partial charge in [-0.1, -0.05) is 44.7 Å². The minimum absolute atomic E-state index is 0.981. The van der Waals surface area contributed by atoms with Crippen molar-refractivity contribution >= 4 is 19.5 Å². The van der Waals surface area contributed by atoms with Crippen LogP contribution in [0, 0.1) is 0 Å². The summed E-state index contributed by atoms with van der Waals surface area (Å²) in [7, 11) is 0. The van der Waals surface area contributed by atoms with Crippen LogP contribution in [-0.4, -0.2) is 6.72 Å². The molecule has 0 fully saturated rings. The highest BCUT2D eigenvalue weighted by Crippen LogP contribution is 1.70. The van der Waals surface area contributed by atoms with E-state index in [4.69, 9.17) is 0 Å². The van der Waals surface area contributed by atoms with Gasteiger partial charge in [0, 0.05) is 6.20 Å². The van der Waals surface area contributed by atoms with E-state index in [-0.39, 0.29) is 0 Å². The molecule has 0 aromatic heterocycles. The molecule has 0 bridgehead atoms. The van der Waals surface area contributed by atoms with Crippen LogP contribution in [-0.2, 0) is 0 Å². The lowest BCUT2D eigenvalue weighted by atomic mass is 10.3. The van der Waals surface area contributed by atoms with Gasteiger partial charge in [0.05, 0.1) is 0 Å². The highest BCUT2D eigenvalue weighted by atomic mass is 14.6. The summed E-state index contributed by atoms with van der Waals surface area (Å²) in [4.78, 5) is 3.65. The Hall–Kier alpha value is -1.37. The third-order valence-corrected chi connectivity index (χ3v) is 1.29. The monoisotopic (exact) mass is 161 g/mol. The molecule has 1 aromatic carbocycles. The summed E-state index contributed by atoms with van der Waals surface area (Å²) in [6.07, 6.45) is 1.70. The van der Waals surface area contributed by atoms with Crippen molar-refractivity contribution in [2.45, 2.75) is 13.8 Å². The zero-order valence-corrected chi connectivity index (χ0v) is 7.75. The standard InChI is InChI=1S/C9H9N.C2H6/c1-8-5-3-4-6-9(8)7-10-2;1-2/h3-7H,1-2H2;1-2H3/b9-7-;. The van der Waals surface area contributed by atoms with Crippen LogP contribution in [0.5, 0.6) is 0 Å². The normalized spacial score (nSPS) is 10.0. The van der Waals surface area contributed by atoms with Gasteiger partial charge in [-0.2, -0.15) is 0 Å². The maximum atomic E-state index is 3.82. The molecule has 0 saturated carbocycles. The lowest BCUT2D eigenvalue weighted by Crippen LogP contribution is -2.21. The molecule has 0 heterocycles. The van der Waals surface area contributed by atoms with Gasteiger partial charge in [0.2, 0.25) is 0 Å². The first kappa shape index (κ1) is 10.6. The van der Waals surface area contributed by atoms with Crippen LogP contribution < -0.4 is 10.4 Å². The van der Waals surface area contributed by atoms with Gasteiger partial charge in [-0.05, 0) is 17.2 Å². The van der Waals surface area contributed by atoms with Crippen molar-refractivity contribution in [2.24, 2.45) is 4.99 Å². The Balaban J connectivity index is 0.000000561. The first-order valence-electron chi connectivity index (χ1n) is 4.04. The molecule has 12 heavy (non-hydrogen) atoms. The van der Waals surface area contributed by atoms with E-state index in [0.717, 1.165) is 10.4 Å². The molecule has 0 unspecified atom stereocenters. The second kappa shape index (κ2) is 6.35. The summed E-state index contributed by atoms with van der Waals surface area (Å²) >= 11 is 0. The molecule has 0 aliphatic carbocycles. The zero-order valence-electron chi connectivity index (χ0n) is 7.75. The molecular weight excluding hydrogens is 146 g/mol. The van der Waals surface area contributed by atoms with E-state index in [2.05, 4.69) is 18.3 Å². The van der Waals surface area contributed by atoms with Crippen molar-refractivity contribution in [3.8, 4) is 0 Å². The van der Waals surface area contributed by atoms with Gasteiger partial charge in [-0.15, -0.1) is 0 Å². The van der Waals surface area contributed by atoms with Gasteiger partial charge in [-0.3, -0.25) is 4.99 Å².